The van der Waals surface area contributed by atoms with E-state index in [4.69, 9.17) is 0 Å². The highest BCUT2D eigenvalue weighted by Crippen LogP contribution is 2.22. The molecule has 0 fully saturated rings. The van der Waals surface area contributed by atoms with Crippen molar-refractivity contribution in [2.45, 2.75) is 24.7 Å². The van der Waals surface area contributed by atoms with E-state index in [9.17, 15) is 13.2 Å². The van der Waals surface area contributed by atoms with Gasteiger partial charge in [-0.15, -0.1) is 0 Å². The van der Waals surface area contributed by atoms with E-state index in [2.05, 4.69) is 24.4 Å². The molecule has 1 amide bonds. The van der Waals surface area contributed by atoms with Gasteiger partial charge in [0.05, 0.1) is 10.6 Å². The lowest BCUT2D eigenvalue weighted by molar-refractivity contribution is 0.0946. The van der Waals surface area contributed by atoms with Crippen molar-refractivity contribution in [1.29, 1.82) is 0 Å². The smallest absolute Gasteiger partial charge is 0.264 e. The molecule has 0 aromatic heterocycles. The molecule has 0 aliphatic carbocycles. The van der Waals surface area contributed by atoms with Crippen LogP contribution in [0.15, 0.2) is 89.8 Å². The van der Waals surface area contributed by atoms with Crippen LogP contribution in [-0.2, 0) is 16.4 Å². The van der Waals surface area contributed by atoms with Gasteiger partial charge in [0.15, 0.2) is 0 Å². The minimum atomic E-state index is -3.77. The standard InChI is InChI=1S/C25H28N2O3S/c1-3-20(17-21-11-6-4-7-12-21)19-26-25(28)22-13-10-16-24(18-22)31(29,30)27(2)23-14-8-5-9-15-23/h4-16,18,20H,3,17,19H2,1-2H3,(H,26,28). The van der Waals surface area contributed by atoms with Gasteiger partial charge in [0, 0.05) is 19.2 Å². The van der Waals surface area contributed by atoms with Gasteiger partial charge in [-0.2, -0.15) is 0 Å². The first kappa shape index (κ1) is 22.6. The quantitative estimate of drug-likeness (QED) is 0.537. The molecule has 0 aliphatic rings. The number of sulfonamides is 1. The molecule has 0 bridgehead atoms. The molecule has 0 radical (unpaired) electrons. The Balaban J connectivity index is 1.69. The molecule has 1 atom stereocenters. The number of nitrogens with zero attached hydrogens (tertiary/aromatic N) is 1. The molecule has 0 saturated heterocycles. The first-order valence-electron chi connectivity index (χ1n) is 10.4. The molecule has 0 saturated carbocycles. The van der Waals surface area contributed by atoms with Crippen molar-refractivity contribution in [2.75, 3.05) is 17.9 Å². The third-order valence-electron chi connectivity index (χ3n) is 5.37. The van der Waals surface area contributed by atoms with E-state index < -0.39 is 10.0 Å². The topological polar surface area (TPSA) is 66.5 Å². The molecule has 3 aromatic rings. The number of anilines is 1. The van der Waals surface area contributed by atoms with Crippen LogP contribution in [0.3, 0.4) is 0 Å². The van der Waals surface area contributed by atoms with Crippen molar-refractivity contribution in [3.8, 4) is 0 Å². The van der Waals surface area contributed by atoms with Crippen LogP contribution < -0.4 is 9.62 Å². The van der Waals surface area contributed by atoms with Crippen LogP contribution in [0.4, 0.5) is 5.69 Å². The summed E-state index contributed by atoms with van der Waals surface area (Å²) in [6.07, 6.45) is 1.82. The van der Waals surface area contributed by atoms with Crippen molar-refractivity contribution in [1.82, 2.24) is 5.32 Å². The predicted octanol–water partition coefficient (Wildman–Crippen LogP) is 4.51. The van der Waals surface area contributed by atoms with E-state index in [1.165, 1.54) is 29.0 Å². The fraction of sp³-hybridized carbons (Fsp3) is 0.240. The molecule has 3 aromatic carbocycles. The Morgan fingerprint density at radius 1 is 0.935 bits per heavy atom. The molecule has 162 valence electrons. The summed E-state index contributed by atoms with van der Waals surface area (Å²) in [6.45, 7) is 2.64. The van der Waals surface area contributed by atoms with Gasteiger partial charge in [-0.05, 0) is 48.2 Å². The monoisotopic (exact) mass is 436 g/mol. The van der Waals surface area contributed by atoms with Crippen LogP contribution in [-0.4, -0.2) is 27.9 Å². The fourth-order valence-electron chi connectivity index (χ4n) is 3.38. The summed E-state index contributed by atoms with van der Waals surface area (Å²) in [4.78, 5) is 12.8. The normalized spacial score (nSPS) is 12.2. The van der Waals surface area contributed by atoms with Crippen molar-refractivity contribution in [2.24, 2.45) is 5.92 Å². The zero-order valence-electron chi connectivity index (χ0n) is 17.9. The van der Waals surface area contributed by atoms with Crippen LogP contribution >= 0.6 is 0 Å². The molecule has 1 N–H and O–H groups in total. The molecular weight excluding hydrogens is 408 g/mol. The number of nitrogens with one attached hydrogen (secondary N) is 1. The van der Waals surface area contributed by atoms with E-state index in [0.717, 1.165) is 12.8 Å². The Hall–Kier alpha value is -3.12. The lowest BCUT2D eigenvalue weighted by atomic mass is 9.97. The number of carbonyl (C=O) groups excluding carboxylic acids is 1. The number of hydrogen-bond acceptors (Lipinski definition) is 3. The second-order valence-corrected chi connectivity index (χ2v) is 9.48. The van der Waals surface area contributed by atoms with E-state index in [-0.39, 0.29) is 10.8 Å². The van der Waals surface area contributed by atoms with E-state index >= 15 is 0 Å². The third-order valence-corrected chi connectivity index (χ3v) is 7.15. The van der Waals surface area contributed by atoms with E-state index in [1.807, 2.05) is 24.3 Å². The molecule has 0 heterocycles. The molecule has 6 heteroatoms. The molecule has 1 unspecified atom stereocenters. The highest BCUT2D eigenvalue weighted by atomic mass is 32.2. The Morgan fingerprint density at radius 3 is 2.23 bits per heavy atom. The third kappa shape index (κ3) is 5.73. The maximum atomic E-state index is 13.0. The largest absolute Gasteiger partial charge is 0.352 e. The van der Waals surface area contributed by atoms with E-state index in [0.29, 0.717) is 23.7 Å². The summed E-state index contributed by atoms with van der Waals surface area (Å²) in [7, 11) is -2.26. The first-order chi connectivity index (χ1) is 14.9. The van der Waals surface area contributed by atoms with Gasteiger partial charge in [0.1, 0.15) is 0 Å². The lowest BCUT2D eigenvalue weighted by Crippen LogP contribution is -2.30. The van der Waals surface area contributed by atoms with Crippen molar-refractivity contribution in [3.05, 3.63) is 96.1 Å². The SMILES string of the molecule is CCC(CNC(=O)c1cccc(S(=O)(=O)N(C)c2ccccc2)c1)Cc1ccccc1. The number of carbonyl (C=O) groups is 1. The number of benzene rings is 3. The van der Waals surface area contributed by atoms with Crippen LogP contribution in [0.5, 0.6) is 0 Å². The average Bonchev–Trinajstić information content (AvgIpc) is 2.82. The van der Waals surface area contributed by atoms with Crippen molar-refractivity contribution < 1.29 is 13.2 Å². The first-order valence-corrected chi connectivity index (χ1v) is 11.8. The Labute approximate surface area is 184 Å². The average molecular weight is 437 g/mol. The van der Waals surface area contributed by atoms with Gasteiger partial charge in [0.25, 0.3) is 15.9 Å². The summed E-state index contributed by atoms with van der Waals surface area (Å²) in [5, 5.41) is 2.96. The molecule has 5 nitrogen and oxygen atoms in total. The minimum Gasteiger partial charge on any atom is -0.352 e. The van der Waals surface area contributed by atoms with Gasteiger partial charge in [-0.1, -0.05) is 67.9 Å². The maximum absolute atomic E-state index is 13.0. The number of hydrogen-bond donors (Lipinski definition) is 1. The zero-order valence-corrected chi connectivity index (χ0v) is 18.7. The second-order valence-electron chi connectivity index (χ2n) is 7.51. The van der Waals surface area contributed by atoms with Crippen molar-refractivity contribution >= 4 is 21.6 Å². The highest BCUT2D eigenvalue weighted by Gasteiger charge is 2.22. The van der Waals surface area contributed by atoms with Gasteiger partial charge in [0.2, 0.25) is 0 Å². The maximum Gasteiger partial charge on any atom is 0.264 e. The number of para-hydroxylation sites is 1. The Bertz CT molecular complexity index is 1100. The Kier molecular flexibility index (Phi) is 7.47. The molecule has 31 heavy (non-hydrogen) atoms. The molecule has 0 spiro atoms. The lowest BCUT2D eigenvalue weighted by Gasteiger charge is -2.20. The predicted molar refractivity (Wildman–Crippen MR) is 125 cm³/mol. The second kappa shape index (κ2) is 10.3. The van der Waals surface area contributed by atoms with Gasteiger partial charge < -0.3 is 5.32 Å². The summed E-state index contributed by atoms with van der Waals surface area (Å²) >= 11 is 0. The fourth-order valence-corrected chi connectivity index (χ4v) is 4.62. The molecule has 0 aliphatic heterocycles. The van der Waals surface area contributed by atoms with Crippen LogP contribution in [0.2, 0.25) is 0 Å². The van der Waals surface area contributed by atoms with Crippen LogP contribution in [0, 0.1) is 5.92 Å². The Morgan fingerprint density at radius 2 is 1.58 bits per heavy atom. The summed E-state index contributed by atoms with van der Waals surface area (Å²) in [5.74, 6) is 0.0356. The summed E-state index contributed by atoms with van der Waals surface area (Å²) in [6, 6.07) is 25.2. The summed E-state index contributed by atoms with van der Waals surface area (Å²) in [5.41, 5.74) is 2.13. The number of amides is 1. The van der Waals surface area contributed by atoms with Crippen LogP contribution in [0.1, 0.15) is 29.3 Å². The van der Waals surface area contributed by atoms with Gasteiger partial charge in [-0.25, -0.2) is 8.42 Å². The molecular formula is C25H28N2O3S. The van der Waals surface area contributed by atoms with Gasteiger partial charge in [-0.3, -0.25) is 9.10 Å². The zero-order chi connectivity index (χ0) is 22.3. The van der Waals surface area contributed by atoms with E-state index in [1.54, 1.807) is 36.4 Å². The minimum absolute atomic E-state index is 0.0860. The summed E-state index contributed by atoms with van der Waals surface area (Å²) < 4.78 is 27.3. The molecule has 3 rings (SSSR count). The van der Waals surface area contributed by atoms with Gasteiger partial charge >= 0.3 is 0 Å². The van der Waals surface area contributed by atoms with Crippen molar-refractivity contribution in [3.63, 3.8) is 0 Å². The van der Waals surface area contributed by atoms with Crippen LogP contribution in [0.25, 0.3) is 0 Å². The number of rotatable bonds is 9. The highest BCUT2D eigenvalue weighted by molar-refractivity contribution is 7.92.